The van der Waals surface area contributed by atoms with Crippen LogP contribution in [0.1, 0.15) is 126 Å². The van der Waals surface area contributed by atoms with Gasteiger partial charge in [-0.1, -0.05) is 63.1 Å². The highest BCUT2D eigenvalue weighted by atomic mass is 16.6. The number of hydrogen-bond donors (Lipinski definition) is 2. The molecule has 6 atom stereocenters. The van der Waals surface area contributed by atoms with Gasteiger partial charge in [0.15, 0.2) is 0 Å². The molecule has 1 saturated heterocycles. The first kappa shape index (κ1) is 39.8. The van der Waals surface area contributed by atoms with E-state index in [0.717, 1.165) is 11.1 Å². The number of aliphatic hydroxyl groups is 2. The van der Waals surface area contributed by atoms with Gasteiger partial charge in [-0.3, -0.25) is 0 Å². The number of carbonyl (C=O) groups is 3. The molecule has 3 heterocycles. The fourth-order valence-corrected chi connectivity index (χ4v) is 7.25. The second-order valence-electron chi connectivity index (χ2n) is 15.9. The Kier molecular flexibility index (Phi) is 13.2. The number of allylic oxidation sites excluding steroid dienone is 6. The predicted molar refractivity (Wildman–Crippen MR) is 192 cm³/mol. The van der Waals surface area contributed by atoms with Crippen LogP contribution < -0.4 is 0 Å². The summed E-state index contributed by atoms with van der Waals surface area (Å²) in [5, 5.41) is 23.2. The van der Waals surface area contributed by atoms with Crippen LogP contribution in [0.3, 0.4) is 0 Å². The van der Waals surface area contributed by atoms with Crippen molar-refractivity contribution in [3.63, 3.8) is 0 Å². The topological polar surface area (TPSA) is 132 Å². The molecular weight excluding hydrogens is 636 g/mol. The number of fused-ring (bicyclic) bond motifs is 4. The van der Waals surface area contributed by atoms with Crippen molar-refractivity contribution in [2.45, 2.75) is 161 Å². The van der Waals surface area contributed by atoms with Gasteiger partial charge in [-0.05, 0) is 116 Å². The number of epoxide rings is 1. The quantitative estimate of drug-likeness (QED) is 0.131. The third-order valence-electron chi connectivity index (χ3n) is 11.3. The molecule has 0 aromatic heterocycles. The lowest BCUT2D eigenvalue weighted by molar-refractivity contribution is -0.169. The Bertz CT molecular complexity index is 1430. The molecule has 4 aliphatic rings. The summed E-state index contributed by atoms with van der Waals surface area (Å²) in [6, 6.07) is 0. The van der Waals surface area contributed by atoms with Crippen molar-refractivity contribution in [1.29, 1.82) is 0 Å². The zero-order valence-electron chi connectivity index (χ0n) is 31.5. The molecule has 9 heteroatoms. The fourth-order valence-electron chi connectivity index (χ4n) is 7.25. The van der Waals surface area contributed by atoms with Crippen LogP contribution in [0.2, 0.25) is 0 Å². The highest BCUT2D eigenvalue weighted by Gasteiger charge is 2.51. The number of methoxy groups -OCH3 is 1. The van der Waals surface area contributed by atoms with Crippen LogP contribution in [0.15, 0.2) is 58.2 Å². The Morgan fingerprint density at radius 2 is 1.48 bits per heavy atom. The van der Waals surface area contributed by atoms with E-state index in [-0.39, 0.29) is 42.4 Å². The number of carbonyl (C=O) groups excluding carboxylic acids is 3. The van der Waals surface area contributed by atoms with Crippen molar-refractivity contribution < 1.29 is 43.5 Å². The normalized spacial score (nSPS) is 37.5. The Balaban J connectivity index is 1.66. The number of hydrogen-bond acceptors (Lipinski definition) is 9. The van der Waals surface area contributed by atoms with Crippen molar-refractivity contribution in [3.8, 4) is 0 Å². The Hall–Kier alpha value is -3.01. The van der Waals surface area contributed by atoms with Crippen molar-refractivity contribution in [1.82, 2.24) is 0 Å². The smallest absolute Gasteiger partial charge is 0.334 e. The van der Waals surface area contributed by atoms with Crippen molar-refractivity contribution in [2.24, 2.45) is 11.8 Å². The van der Waals surface area contributed by atoms with E-state index in [9.17, 15) is 24.6 Å². The maximum absolute atomic E-state index is 14.2. The van der Waals surface area contributed by atoms with Crippen molar-refractivity contribution in [3.05, 3.63) is 58.2 Å². The number of ether oxygens (including phenoxy) is 4. The first-order valence-electron chi connectivity index (χ1n) is 18.6. The van der Waals surface area contributed by atoms with E-state index < -0.39 is 35.3 Å². The van der Waals surface area contributed by atoms with E-state index in [1.165, 1.54) is 7.11 Å². The molecule has 50 heavy (non-hydrogen) atoms. The first-order chi connectivity index (χ1) is 23.5. The first-order valence-corrected chi connectivity index (χ1v) is 18.6. The molecule has 3 aliphatic heterocycles. The van der Waals surface area contributed by atoms with E-state index in [1.807, 2.05) is 44.2 Å². The molecule has 2 bridgehead atoms. The molecule has 0 aromatic rings. The Morgan fingerprint density at radius 3 is 2.16 bits per heavy atom. The summed E-state index contributed by atoms with van der Waals surface area (Å²) >= 11 is 0. The molecular formula is C41H60O9. The molecule has 278 valence electrons. The van der Waals surface area contributed by atoms with Crippen molar-refractivity contribution in [2.75, 3.05) is 7.11 Å². The molecule has 1 fully saturated rings. The Labute approximate surface area is 298 Å². The predicted octanol–water partition coefficient (Wildman–Crippen LogP) is 7.31. The zero-order valence-corrected chi connectivity index (χ0v) is 31.5. The minimum atomic E-state index is -1.51. The lowest BCUT2D eigenvalue weighted by Crippen LogP contribution is -2.46. The molecule has 1 aliphatic carbocycles. The van der Waals surface area contributed by atoms with Gasteiger partial charge >= 0.3 is 17.9 Å². The van der Waals surface area contributed by atoms with E-state index in [2.05, 4.69) is 20.8 Å². The van der Waals surface area contributed by atoms with E-state index in [1.54, 1.807) is 13.8 Å². The molecule has 0 amide bonds. The van der Waals surface area contributed by atoms with E-state index >= 15 is 0 Å². The highest BCUT2D eigenvalue weighted by Crippen LogP contribution is 2.44. The van der Waals surface area contributed by atoms with Gasteiger partial charge in [-0.2, -0.15) is 0 Å². The largest absolute Gasteiger partial charge is 0.466 e. The summed E-state index contributed by atoms with van der Waals surface area (Å²) < 4.78 is 23.3. The van der Waals surface area contributed by atoms with Gasteiger partial charge in [-0.15, -0.1) is 0 Å². The number of aliphatic hydroxyl groups excluding tert-OH is 1. The molecule has 0 unspecified atom stereocenters. The monoisotopic (exact) mass is 696 g/mol. The maximum Gasteiger partial charge on any atom is 0.334 e. The molecule has 0 radical (unpaired) electrons. The van der Waals surface area contributed by atoms with Crippen LogP contribution in [-0.4, -0.2) is 70.3 Å². The summed E-state index contributed by atoms with van der Waals surface area (Å²) in [6.07, 6.45) is 13.5. The lowest BCUT2D eigenvalue weighted by Gasteiger charge is -2.36. The average Bonchev–Trinajstić information content (AvgIpc) is 3.74. The molecule has 0 saturated carbocycles. The van der Waals surface area contributed by atoms with Crippen LogP contribution in [0.5, 0.6) is 0 Å². The molecule has 0 spiro atoms. The molecule has 9 nitrogen and oxygen atoms in total. The van der Waals surface area contributed by atoms with Crippen LogP contribution in [0.4, 0.5) is 0 Å². The Morgan fingerprint density at radius 1 is 0.820 bits per heavy atom. The van der Waals surface area contributed by atoms with Crippen LogP contribution in [0, 0.1) is 11.8 Å². The summed E-state index contributed by atoms with van der Waals surface area (Å²) in [7, 11) is 1.39. The number of esters is 3. The van der Waals surface area contributed by atoms with Gasteiger partial charge in [-0.25, -0.2) is 14.4 Å². The minimum absolute atomic E-state index is 0.0135. The number of rotatable bonds is 5. The standard InChI is InChI=1S/C41H60O9/c1-26(2)28-13-15-29(11-10-23-41(7)34(49-41)20-19-31(16-14-28)36(43)47-8)37(44)48-35-25-32(27(3)4)18-17-30-12-9-22-40(6,50-38(30)45)33(42)21-24-39(35,5)46/h11-12,14,16,25-27,33-35,42,46H,9-10,13,15,17-24H2,1-8H3/b28-14+,29-11-,31-16-,32-25+/t33-,34+,35+,39-,40-,41-/m1/s1. The average molecular weight is 697 g/mol. The van der Waals surface area contributed by atoms with Gasteiger partial charge < -0.3 is 29.2 Å². The molecule has 4 rings (SSSR count). The molecule has 0 aromatic carbocycles. The summed E-state index contributed by atoms with van der Waals surface area (Å²) in [4.78, 5) is 39.8. The van der Waals surface area contributed by atoms with Crippen LogP contribution >= 0.6 is 0 Å². The van der Waals surface area contributed by atoms with Gasteiger partial charge in [0.25, 0.3) is 0 Å². The summed E-state index contributed by atoms with van der Waals surface area (Å²) in [5.41, 5.74) is 0.811. The van der Waals surface area contributed by atoms with Gasteiger partial charge in [0.1, 0.15) is 17.3 Å². The fraction of sp³-hybridized carbons (Fsp3) is 0.683. The highest BCUT2D eigenvalue weighted by molar-refractivity contribution is 5.90. The van der Waals surface area contributed by atoms with Crippen molar-refractivity contribution >= 4 is 17.9 Å². The third-order valence-corrected chi connectivity index (χ3v) is 11.3. The lowest BCUT2D eigenvalue weighted by atomic mass is 9.83. The SMILES string of the molecule is COC(=O)/C1=C\C=C(\C(C)C)CC/C(C(=O)O[C@H]2/C=C(/C(C)C)CCC3=CCC[C@@](C)(OC3=O)[C@H](O)CC[C@@]2(C)O)=C/CC[C@@]2(C)O[C@H]2CC1. The van der Waals surface area contributed by atoms with Gasteiger partial charge in [0.2, 0.25) is 0 Å². The molecule has 2 N–H and O–H groups in total. The van der Waals surface area contributed by atoms with Gasteiger partial charge in [0.05, 0.1) is 24.9 Å². The second kappa shape index (κ2) is 16.6. The zero-order chi connectivity index (χ0) is 36.9. The summed E-state index contributed by atoms with van der Waals surface area (Å²) in [5.74, 6) is -1.01. The van der Waals surface area contributed by atoms with Crippen LogP contribution in [-0.2, 0) is 33.3 Å². The summed E-state index contributed by atoms with van der Waals surface area (Å²) in [6.45, 7) is 13.7. The van der Waals surface area contributed by atoms with Crippen LogP contribution in [0.25, 0.3) is 0 Å². The van der Waals surface area contributed by atoms with Gasteiger partial charge in [0, 0.05) is 16.7 Å². The van der Waals surface area contributed by atoms with E-state index in [0.29, 0.717) is 80.9 Å². The second-order valence-corrected chi connectivity index (χ2v) is 15.9. The van der Waals surface area contributed by atoms with E-state index in [4.69, 9.17) is 18.9 Å². The minimum Gasteiger partial charge on any atom is -0.466 e. The third kappa shape index (κ3) is 10.1. The maximum atomic E-state index is 14.2.